The molecular formula is C21H28N4O3S2. The van der Waals surface area contributed by atoms with Crippen LogP contribution in [-0.2, 0) is 28.2 Å². The van der Waals surface area contributed by atoms with Crippen molar-refractivity contribution in [2.45, 2.75) is 51.2 Å². The number of amides is 2. The first-order chi connectivity index (χ1) is 14.5. The van der Waals surface area contributed by atoms with Crippen LogP contribution in [0.1, 0.15) is 48.9 Å². The van der Waals surface area contributed by atoms with Crippen LogP contribution in [0.3, 0.4) is 0 Å². The van der Waals surface area contributed by atoms with Crippen LogP contribution < -0.4 is 10.9 Å². The topological polar surface area (TPSA) is 95.2 Å². The Labute approximate surface area is 184 Å². The lowest BCUT2D eigenvalue weighted by Crippen LogP contribution is -2.42. The molecule has 2 N–H and O–H groups in total. The van der Waals surface area contributed by atoms with Crippen molar-refractivity contribution >= 4 is 45.1 Å². The van der Waals surface area contributed by atoms with Crippen molar-refractivity contribution in [2.24, 2.45) is 5.92 Å². The lowest BCUT2D eigenvalue weighted by molar-refractivity contribution is -0.130. The van der Waals surface area contributed by atoms with Crippen LogP contribution in [0, 0.1) is 5.92 Å². The number of carbonyl (C=O) groups excluding carboxylic acids is 2. The fourth-order valence-electron chi connectivity index (χ4n) is 4.28. The number of H-pyrrole nitrogens is 1. The summed E-state index contributed by atoms with van der Waals surface area (Å²) in [6, 6.07) is 0. The maximum Gasteiger partial charge on any atom is 0.259 e. The number of rotatable bonds is 6. The molecule has 9 heteroatoms. The molecule has 0 saturated carbocycles. The van der Waals surface area contributed by atoms with Gasteiger partial charge in [0.1, 0.15) is 10.7 Å². The second-order valence-corrected chi connectivity index (χ2v) is 10.2. The summed E-state index contributed by atoms with van der Waals surface area (Å²) < 4.78 is 0. The van der Waals surface area contributed by atoms with E-state index >= 15 is 0 Å². The van der Waals surface area contributed by atoms with Gasteiger partial charge in [-0.05, 0) is 50.0 Å². The number of aryl methyl sites for hydroxylation is 2. The van der Waals surface area contributed by atoms with E-state index in [0.29, 0.717) is 29.8 Å². The smallest absolute Gasteiger partial charge is 0.259 e. The third-order valence-corrected chi connectivity index (χ3v) is 8.06. The molecule has 0 unspecified atom stereocenters. The molecule has 1 aliphatic heterocycles. The maximum atomic E-state index is 12.6. The minimum absolute atomic E-state index is 0.00235. The molecule has 0 atom stereocenters. The van der Waals surface area contributed by atoms with Gasteiger partial charge >= 0.3 is 0 Å². The van der Waals surface area contributed by atoms with Crippen LogP contribution in [0.25, 0.3) is 10.2 Å². The zero-order valence-corrected chi connectivity index (χ0v) is 18.9. The number of carbonyl (C=O) groups is 2. The SMILES string of the molecule is CC(=O)NCC1CCN(C(=O)CSCc2nc3sc4c(c3c(=O)[nH]2)CCCC4)CC1. The Morgan fingerprint density at radius 3 is 2.80 bits per heavy atom. The Kier molecular flexibility index (Phi) is 6.77. The monoisotopic (exact) mass is 448 g/mol. The molecule has 2 aromatic rings. The number of fused-ring (bicyclic) bond motifs is 3. The van der Waals surface area contributed by atoms with Gasteiger partial charge in [-0.2, -0.15) is 0 Å². The first-order valence-corrected chi connectivity index (χ1v) is 12.6. The van der Waals surface area contributed by atoms with Crippen molar-refractivity contribution in [1.82, 2.24) is 20.2 Å². The predicted molar refractivity (Wildman–Crippen MR) is 121 cm³/mol. The highest BCUT2D eigenvalue weighted by atomic mass is 32.2. The van der Waals surface area contributed by atoms with Gasteiger partial charge < -0.3 is 15.2 Å². The second kappa shape index (κ2) is 9.51. The fraction of sp³-hybridized carbons (Fsp3) is 0.619. The number of piperidine rings is 1. The second-order valence-electron chi connectivity index (χ2n) is 8.16. The van der Waals surface area contributed by atoms with E-state index in [0.717, 1.165) is 55.4 Å². The van der Waals surface area contributed by atoms with Crippen LogP contribution in [0.2, 0.25) is 0 Å². The summed E-state index contributed by atoms with van der Waals surface area (Å²) in [5.41, 5.74) is 1.16. The van der Waals surface area contributed by atoms with Crippen molar-refractivity contribution in [3.05, 3.63) is 26.6 Å². The molecule has 1 aliphatic carbocycles. The molecule has 0 bridgehead atoms. The largest absolute Gasteiger partial charge is 0.356 e. The molecule has 2 amide bonds. The lowest BCUT2D eigenvalue weighted by Gasteiger charge is -2.32. The van der Waals surface area contributed by atoms with Crippen molar-refractivity contribution < 1.29 is 9.59 Å². The predicted octanol–water partition coefficient (Wildman–Crippen LogP) is 2.47. The highest BCUT2D eigenvalue weighted by Crippen LogP contribution is 2.33. The Balaban J connectivity index is 1.28. The summed E-state index contributed by atoms with van der Waals surface area (Å²) in [5.74, 6) is 2.14. The number of hydrogen-bond donors (Lipinski definition) is 2. The molecule has 30 heavy (non-hydrogen) atoms. The number of nitrogens with one attached hydrogen (secondary N) is 2. The van der Waals surface area contributed by atoms with Crippen LogP contribution in [0.5, 0.6) is 0 Å². The molecule has 2 aliphatic rings. The highest BCUT2D eigenvalue weighted by molar-refractivity contribution is 7.99. The van der Waals surface area contributed by atoms with E-state index in [2.05, 4.69) is 15.3 Å². The van der Waals surface area contributed by atoms with Crippen molar-refractivity contribution in [3.63, 3.8) is 0 Å². The molecule has 0 radical (unpaired) electrons. The zero-order chi connectivity index (χ0) is 21.1. The normalized spacial score (nSPS) is 17.2. The molecule has 1 saturated heterocycles. The van der Waals surface area contributed by atoms with E-state index < -0.39 is 0 Å². The van der Waals surface area contributed by atoms with Crippen LogP contribution in [0.4, 0.5) is 0 Å². The van der Waals surface area contributed by atoms with Gasteiger partial charge in [0.25, 0.3) is 5.56 Å². The first-order valence-electron chi connectivity index (χ1n) is 10.6. The van der Waals surface area contributed by atoms with Crippen LogP contribution in [0.15, 0.2) is 4.79 Å². The van der Waals surface area contributed by atoms with E-state index in [9.17, 15) is 14.4 Å². The van der Waals surface area contributed by atoms with Gasteiger partial charge in [0.2, 0.25) is 11.8 Å². The number of thiophene rings is 1. The van der Waals surface area contributed by atoms with Gasteiger partial charge in [0, 0.05) is 31.4 Å². The maximum absolute atomic E-state index is 12.6. The summed E-state index contributed by atoms with van der Waals surface area (Å²) in [7, 11) is 0. The van der Waals surface area contributed by atoms with Crippen molar-refractivity contribution in [3.8, 4) is 0 Å². The standard InChI is InChI=1S/C21H28N4O3S2/c1-13(26)22-10-14-6-8-25(9-7-14)18(27)12-29-11-17-23-20(28)19-15-4-2-3-5-16(15)30-21(19)24-17/h14H,2-12H2,1H3,(H,22,26)(H,23,24,28). The van der Waals surface area contributed by atoms with Gasteiger partial charge in [0.15, 0.2) is 0 Å². The summed E-state index contributed by atoms with van der Waals surface area (Å²) in [4.78, 5) is 47.8. The molecule has 7 nitrogen and oxygen atoms in total. The van der Waals surface area contributed by atoms with Crippen LogP contribution >= 0.6 is 23.1 Å². The molecule has 1 fully saturated rings. The Hall–Kier alpha value is -1.87. The highest BCUT2D eigenvalue weighted by Gasteiger charge is 2.23. The fourth-order valence-corrected chi connectivity index (χ4v) is 6.35. The summed E-state index contributed by atoms with van der Waals surface area (Å²) >= 11 is 3.15. The van der Waals surface area contributed by atoms with Crippen molar-refractivity contribution in [1.29, 1.82) is 0 Å². The zero-order valence-electron chi connectivity index (χ0n) is 17.3. The molecule has 0 spiro atoms. The average molecular weight is 449 g/mol. The van der Waals surface area contributed by atoms with Gasteiger partial charge in [-0.25, -0.2) is 4.98 Å². The van der Waals surface area contributed by atoms with Gasteiger partial charge in [0.05, 0.1) is 16.9 Å². The average Bonchev–Trinajstić information content (AvgIpc) is 3.11. The van der Waals surface area contributed by atoms with Crippen molar-refractivity contribution in [2.75, 3.05) is 25.4 Å². The summed E-state index contributed by atoms with van der Waals surface area (Å²) in [6.45, 7) is 3.71. The van der Waals surface area contributed by atoms with Gasteiger partial charge in [-0.3, -0.25) is 14.4 Å². The third-order valence-electron chi connectivity index (χ3n) is 5.95. The third kappa shape index (κ3) is 4.88. The van der Waals surface area contributed by atoms with Crippen LogP contribution in [-0.4, -0.2) is 52.1 Å². The molecule has 3 heterocycles. The number of hydrogen-bond acceptors (Lipinski definition) is 6. The number of aromatic nitrogens is 2. The molecule has 4 rings (SSSR count). The minimum Gasteiger partial charge on any atom is -0.356 e. The number of nitrogens with zero attached hydrogens (tertiary/aromatic N) is 2. The molecular weight excluding hydrogens is 420 g/mol. The van der Waals surface area contributed by atoms with E-state index in [1.807, 2.05) is 4.90 Å². The quantitative estimate of drug-likeness (QED) is 0.708. The summed E-state index contributed by atoms with van der Waals surface area (Å²) in [5, 5.41) is 3.64. The Morgan fingerprint density at radius 2 is 2.03 bits per heavy atom. The lowest BCUT2D eigenvalue weighted by atomic mass is 9.97. The minimum atomic E-state index is -0.0393. The van der Waals surface area contributed by atoms with Gasteiger partial charge in [-0.15, -0.1) is 23.1 Å². The first kappa shape index (κ1) is 21.4. The molecule has 2 aromatic heterocycles. The Morgan fingerprint density at radius 1 is 1.27 bits per heavy atom. The number of likely N-dealkylation sites (tertiary alicyclic amines) is 1. The number of aromatic amines is 1. The van der Waals surface area contributed by atoms with E-state index in [-0.39, 0.29) is 17.4 Å². The van der Waals surface area contributed by atoms with Gasteiger partial charge in [-0.1, -0.05) is 0 Å². The summed E-state index contributed by atoms with van der Waals surface area (Å²) in [6.07, 6.45) is 6.20. The van der Waals surface area contributed by atoms with E-state index in [1.165, 1.54) is 35.5 Å². The molecule has 0 aromatic carbocycles. The molecule has 162 valence electrons. The number of thioether (sulfide) groups is 1. The van der Waals surface area contributed by atoms with E-state index in [4.69, 9.17) is 0 Å². The Bertz CT molecular complexity index is 992. The van der Waals surface area contributed by atoms with E-state index in [1.54, 1.807) is 11.3 Å².